The summed E-state index contributed by atoms with van der Waals surface area (Å²) in [5.41, 5.74) is 1.12. The Morgan fingerprint density at radius 2 is 2.20 bits per heavy atom. The van der Waals surface area contributed by atoms with Crippen molar-refractivity contribution in [2.45, 2.75) is 0 Å². The van der Waals surface area contributed by atoms with Crippen molar-refractivity contribution in [1.29, 1.82) is 0 Å². The first-order valence-electron chi connectivity index (χ1n) is 2.92. The average Bonchev–Trinajstić information content (AvgIpc) is 1.85. The number of hydrogen-bond donors (Lipinski definition) is 2. The van der Waals surface area contributed by atoms with E-state index < -0.39 is 0 Å². The highest BCUT2D eigenvalue weighted by Crippen LogP contribution is 2.32. The van der Waals surface area contributed by atoms with Gasteiger partial charge in [0.1, 0.15) is 11.3 Å². The molecular formula is C7H5NO2. The van der Waals surface area contributed by atoms with Gasteiger partial charge in [-0.2, -0.15) is 0 Å². The maximum Gasteiger partial charge on any atom is 0.261 e. The second-order valence-corrected chi connectivity index (χ2v) is 2.15. The number of carbonyl (C=O) groups excluding carboxylic acids is 1. The quantitative estimate of drug-likeness (QED) is 0.556. The molecule has 3 nitrogen and oxygen atoms in total. The standard InChI is InChI=1S/C7H5NO2/c9-5-3-1-2-4-6(5)7(10)8-4/h1-3,9H,(H,8,10). The van der Waals surface area contributed by atoms with Crippen LogP contribution in [0.25, 0.3) is 0 Å². The second-order valence-electron chi connectivity index (χ2n) is 2.15. The van der Waals surface area contributed by atoms with Crippen molar-refractivity contribution in [2.24, 2.45) is 0 Å². The van der Waals surface area contributed by atoms with Crippen molar-refractivity contribution in [3.8, 4) is 5.75 Å². The third-order valence-electron chi connectivity index (χ3n) is 1.52. The Balaban J connectivity index is 2.68. The number of nitrogens with one attached hydrogen (secondary N) is 1. The van der Waals surface area contributed by atoms with Crippen LogP contribution in [0.2, 0.25) is 0 Å². The molecule has 1 aromatic carbocycles. The molecule has 10 heavy (non-hydrogen) atoms. The predicted molar refractivity (Wildman–Crippen MR) is 36.1 cm³/mol. The lowest BCUT2D eigenvalue weighted by molar-refractivity contribution is 0.100. The highest BCUT2D eigenvalue weighted by atomic mass is 16.3. The minimum Gasteiger partial charge on any atom is -0.507 e. The van der Waals surface area contributed by atoms with E-state index in [-0.39, 0.29) is 11.7 Å². The molecule has 0 bridgehead atoms. The van der Waals surface area contributed by atoms with Crippen LogP contribution in [0, 0.1) is 0 Å². The number of carbonyl (C=O) groups is 1. The minimum absolute atomic E-state index is 0.0567. The summed E-state index contributed by atoms with van der Waals surface area (Å²) in [5, 5.41) is 11.6. The number of phenolic OH excluding ortho intramolecular Hbond substituents is 1. The van der Waals surface area contributed by atoms with Gasteiger partial charge in [-0.25, -0.2) is 0 Å². The molecule has 1 amide bonds. The van der Waals surface area contributed by atoms with Gasteiger partial charge in [0.15, 0.2) is 0 Å². The molecular weight excluding hydrogens is 130 g/mol. The SMILES string of the molecule is O=C1Nc2cccc(O)c21. The molecule has 1 aromatic rings. The first kappa shape index (κ1) is 5.29. The Labute approximate surface area is 57.3 Å². The molecule has 0 aromatic heterocycles. The largest absolute Gasteiger partial charge is 0.507 e. The predicted octanol–water partition coefficient (Wildman–Crippen LogP) is 0.958. The number of hydrogen-bond acceptors (Lipinski definition) is 2. The third-order valence-corrected chi connectivity index (χ3v) is 1.52. The summed E-state index contributed by atoms with van der Waals surface area (Å²) in [6.45, 7) is 0. The van der Waals surface area contributed by atoms with Crippen molar-refractivity contribution in [3.63, 3.8) is 0 Å². The third kappa shape index (κ3) is 0.466. The van der Waals surface area contributed by atoms with Crippen LogP contribution in [0.15, 0.2) is 18.2 Å². The summed E-state index contributed by atoms with van der Waals surface area (Å²) >= 11 is 0. The van der Waals surface area contributed by atoms with E-state index in [2.05, 4.69) is 5.32 Å². The van der Waals surface area contributed by atoms with Crippen LogP contribution >= 0.6 is 0 Å². The highest BCUT2D eigenvalue weighted by Gasteiger charge is 2.25. The normalized spacial score (nSPS) is 13.4. The van der Waals surface area contributed by atoms with E-state index in [0.29, 0.717) is 11.3 Å². The molecule has 0 saturated carbocycles. The zero-order valence-corrected chi connectivity index (χ0v) is 5.09. The van der Waals surface area contributed by atoms with Crippen molar-refractivity contribution >= 4 is 11.6 Å². The van der Waals surface area contributed by atoms with Crippen LogP contribution in [0.3, 0.4) is 0 Å². The first-order valence-corrected chi connectivity index (χ1v) is 2.92. The monoisotopic (exact) mass is 135 g/mol. The Kier molecular flexibility index (Phi) is 0.795. The van der Waals surface area contributed by atoms with Gasteiger partial charge >= 0.3 is 0 Å². The van der Waals surface area contributed by atoms with Gasteiger partial charge in [-0.3, -0.25) is 4.79 Å². The Morgan fingerprint density at radius 1 is 1.40 bits per heavy atom. The summed E-state index contributed by atoms with van der Waals surface area (Å²) in [5.74, 6) is -0.144. The summed E-state index contributed by atoms with van der Waals surface area (Å²) in [6.07, 6.45) is 0. The fourth-order valence-corrected chi connectivity index (χ4v) is 1.01. The van der Waals surface area contributed by atoms with E-state index in [1.807, 2.05) is 0 Å². The van der Waals surface area contributed by atoms with E-state index in [1.165, 1.54) is 6.07 Å². The zero-order chi connectivity index (χ0) is 7.14. The molecule has 2 rings (SSSR count). The molecule has 1 heterocycles. The van der Waals surface area contributed by atoms with Crippen LogP contribution in [0.4, 0.5) is 5.69 Å². The highest BCUT2D eigenvalue weighted by molar-refractivity contribution is 6.19. The summed E-state index contributed by atoms with van der Waals surface area (Å²) < 4.78 is 0. The van der Waals surface area contributed by atoms with E-state index in [0.717, 1.165) is 0 Å². The average molecular weight is 135 g/mol. The van der Waals surface area contributed by atoms with E-state index in [4.69, 9.17) is 5.11 Å². The molecule has 0 fully saturated rings. The minimum atomic E-state index is -0.201. The molecule has 0 unspecified atom stereocenters. The van der Waals surface area contributed by atoms with E-state index >= 15 is 0 Å². The molecule has 0 radical (unpaired) electrons. The topological polar surface area (TPSA) is 49.3 Å². The van der Waals surface area contributed by atoms with E-state index in [1.54, 1.807) is 12.1 Å². The second kappa shape index (κ2) is 1.50. The van der Waals surface area contributed by atoms with Gasteiger partial charge in [0.05, 0.1) is 5.69 Å². The summed E-state index contributed by atoms with van der Waals surface area (Å²) in [4.78, 5) is 10.7. The molecule has 1 aliphatic heterocycles. The molecule has 0 atom stereocenters. The number of rotatable bonds is 0. The summed E-state index contributed by atoms with van der Waals surface area (Å²) in [6, 6.07) is 4.93. The van der Waals surface area contributed by atoms with E-state index in [9.17, 15) is 4.79 Å². The lowest BCUT2D eigenvalue weighted by Gasteiger charge is -2.19. The number of aromatic hydroxyl groups is 1. The van der Waals surface area contributed by atoms with Gasteiger partial charge in [0.2, 0.25) is 0 Å². The van der Waals surface area contributed by atoms with Gasteiger partial charge in [-0.1, -0.05) is 6.07 Å². The van der Waals surface area contributed by atoms with Gasteiger partial charge < -0.3 is 10.4 Å². The molecule has 3 heteroatoms. The molecule has 0 aliphatic carbocycles. The Hall–Kier alpha value is -1.51. The van der Waals surface area contributed by atoms with Crippen LogP contribution in [-0.4, -0.2) is 11.0 Å². The maximum atomic E-state index is 10.7. The summed E-state index contributed by atoms with van der Waals surface area (Å²) in [7, 11) is 0. The number of phenols is 1. The number of fused-ring (bicyclic) bond motifs is 1. The van der Waals surface area contributed by atoms with Crippen LogP contribution in [0.5, 0.6) is 5.75 Å². The smallest absolute Gasteiger partial charge is 0.261 e. The fraction of sp³-hybridized carbons (Fsp3) is 0. The fourth-order valence-electron chi connectivity index (χ4n) is 1.01. The molecule has 2 N–H and O–H groups in total. The van der Waals surface area contributed by atoms with Crippen molar-refractivity contribution in [2.75, 3.05) is 5.32 Å². The van der Waals surface area contributed by atoms with Gasteiger partial charge in [0, 0.05) is 0 Å². The Bertz CT molecular complexity index is 292. The molecule has 0 spiro atoms. The van der Waals surface area contributed by atoms with Gasteiger partial charge in [0.25, 0.3) is 5.91 Å². The van der Waals surface area contributed by atoms with Gasteiger partial charge in [-0.05, 0) is 12.1 Å². The lowest BCUT2D eigenvalue weighted by Crippen LogP contribution is -2.24. The molecule has 1 aliphatic rings. The molecule has 50 valence electrons. The van der Waals surface area contributed by atoms with Crippen LogP contribution in [-0.2, 0) is 0 Å². The number of amides is 1. The van der Waals surface area contributed by atoms with Gasteiger partial charge in [-0.15, -0.1) is 0 Å². The van der Waals surface area contributed by atoms with Crippen molar-refractivity contribution in [3.05, 3.63) is 23.8 Å². The molecule has 0 saturated heterocycles. The lowest BCUT2D eigenvalue weighted by atomic mass is 10.1. The number of anilines is 1. The maximum absolute atomic E-state index is 10.7. The van der Waals surface area contributed by atoms with Crippen molar-refractivity contribution < 1.29 is 9.90 Å². The Morgan fingerprint density at radius 3 is 2.70 bits per heavy atom. The van der Waals surface area contributed by atoms with Crippen LogP contribution < -0.4 is 5.32 Å². The van der Waals surface area contributed by atoms with Crippen LogP contribution in [0.1, 0.15) is 10.4 Å². The zero-order valence-electron chi connectivity index (χ0n) is 5.09. The van der Waals surface area contributed by atoms with Crippen molar-refractivity contribution in [1.82, 2.24) is 0 Å². The number of benzene rings is 1. The first-order chi connectivity index (χ1) is 4.79.